The number of nitrogens with zero attached hydrogens (tertiary/aromatic N) is 2. The minimum absolute atomic E-state index is 1.07. The van der Waals surface area contributed by atoms with Gasteiger partial charge < -0.3 is 0 Å². The molecule has 2 nitrogen and oxygen atoms in total. The summed E-state index contributed by atoms with van der Waals surface area (Å²) < 4.78 is 5.26. The molecule has 46 heavy (non-hydrogen) atoms. The molecule has 0 spiro atoms. The van der Waals surface area contributed by atoms with Crippen LogP contribution in [0.25, 0.3) is 0 Å². The van der Waals surface area contributed by atoms with Gasteiger partial charge in [0.1, 0.15) is 0 Å². The Kier molecular flexibility index (Phi) is 23.1. The molecule has 0 bridgehead atoms. The second kappa shape index (κ2) is 26.3. The summed E-state index contributed by atoms with van der Waals surface area (Å²) in [5.41, 5.74) is 8.74. The summed E-state index contributed by atoms with van der Waals surface area (Å²) in [6, 6.07) is 9.69. The third kappa shape index (κ3) is 18.0. The summed E-state index contributed by atoms with van der Waals surface area (Å²) in [7, 11) is 0. The monoisotopic (exact) mass is 635 g/mol. The van der Waals surface area contributed by atoms with Gasteiger partial charge in [0.05, 0.1) is 0 Å². The predicted molar refractivity (Wildman–Crippen MR) is 202 cm³/mol. The minimum atomic E-state index is 1.07. The van der Waals surface area contributed by atoms with Gasteiger partial charge in [0, 0.05) is 51.0 Å². The SMILES string of the molecule is CCCCCCCCCCCCCCc1cc(C)cc(C)[n+]1CC[n+]1c(C)cc(C)cc1CCCCCCCCCCCCCC. The number of unbranched alkanes of at least 4 members (excludes halogenated alkanes) is 22. The molecule has 0 fully saturated rings. The third-order valence-electron chi connectivity index (χ3n) is 10.3. The zero-order chi connectivity index (χ0) is 33.2. The summed E-state index contributed by atoms with van der Waals surface area (Å²) in [5, 5.41) is 0. The number of aromatic nitrogens is 2. The molecule has 262 valence electrons. The normalized spacial score (nSPS) is 11.5. The lowest BCUT2D eigenvalue weighted by atomic mass is 10.0. The molecule has 2 rings (SSSR count). The molecule has 2 heteroatoms. The highest BCUT2D eigenvalue weighted by Crippen LogP contribution is 2.15. The number of rotatable bonds is 29. The highest BCUT2D eigenvalue weighted by Gasteiger charge is 2.21. The standard InChI is InChI=1S/C44H78N2/c1-7-9-11-13-15-17-19-21-23-25-27-29-31-43-37-39(3)35-41(5)45(43)33-34-46-42(6)36-40(4)38-44(46)32-30-28-26-24-22-20-18-16-14-12-10-8-2/h35-38H,7-34H2,1-6H3/q+2. The highest BCUT2D eigenvalue weighted by atomic mass is 15.1. The van der Waals surface area contributed by atoms with Gasteiger partial charge in [-0.15, -0.1) is 0 Å². The van der Waals surface area contributed by atoms with Crippen LogP contribution >= 0.6 is 0 Å². The van der Waals surface area contributed by atoms with Gasteiger partial charge in [0.25, 0.3) is 0 Å². The van der Waals surface area contributed by atoms with Gasteiger partial charge in [-0.3, -0.25) is 0 Å². The molecule has 0 aliphatic heterocycles. The lowest BCUT2D eigenvalue weighted by molar-refractivity contribution is -0.789. The fourth-order valence-corrected chi connectivity index (χ4v) is 7.58. The zero-order valence-electron chi connectivity index (χ0n) is 32.0. The molecule has 0 aliphatic rings. The van der Waals surface area contributed by atoms with E-state index >= 15 is 0 Å². The van der Waals surface area contributed by atoms with Crippen molar-refractivity contribution in [2.24, 2.45) is 0 Å². The van der Waals surface area contributed by atoms with Crippen molar-refractivity contribution < 1.29 is 9.13 Å². The van der Waals surface area contributed by atoms with E-state index in [2.05, 4.69) is 74.9 Å². The maximum atomic E-state index is 2.63. The van der Waals surface area contributed by atoms with Crippen molar-refractivity contribution in [1.82, 2.24) is 0 Å². The lowest BCUT2D eigenvalue weighted by Gasteiger charge is -2.11. The van der Waals surface area contributed by atoms with E-state index in [1.54, 1.807) is 0 Å². The van der Waals surface area contributed by atoms with E-state index < -0.39 is 0 Å². The topological polar surface area (TPSA) is 7.76 Å². The Morgan fingerprint density at radius 2 is 0.609 bits per heavy atom. The van der Waals surface area contributed by atoms with Crippen molar-refractivity contribution in [1.29, 1.82) is 0 Å². The van der Waals surface area contributed by atoms with Crippen LogP contribution in [0.1, 0.15) is 202 Å². The number of hydrogen-bond donors (Lipinski definition) is 0. The van der Waals surface area contributed by atoms with Crippen molar-refractivity contribution in [3.8, 4) is 0 Å². The maximum absolute atomic E-state index is 2.63. The molecular weight excluding hydrogens is 556 g/mol. The van der Waals surface area contributed by atoms with E-state index in [0.717, 1.165) is 13.1 Å². The van der Waals surface area contributed by atoms with Crippen LogP contribution in [0.4, 0.5) is 0 Å². The Labute approximate surface area is 288 Å². The molecule has 0 amide bonds. The molecule has 0 saturated heterocycles. The molecule has 0 saturated carbocycles. The van der Waals surface area contributed by atoms with E-state index in [-0.39, 0.29) is 0 Å². The van der Waals surface area contributed by atoms with Crippen LogP contribution in [0.15, 0.2) is 24.3 Å². The quantitative estimate of drug-likeness (QED) is 0.0621. The zero-order valence-corrected chi connectivity index (χ0v) is 32.0. The number of hydrogen-bond acceptors (Lipinski definition) is 0. The van der Waals surface area contributed by atoms with E-state index in [4.69, 9.17) is 0 Å². The highest BCUT2D eigenvalue weighted by molar-refractivity contribution is 5.15. The van der Waals surface area contributed by atoms with Gasteiger partial charge in [-0.05, 0) is 37.8 Å². The maximum Gasteiger partial charge on any atom is 0.207 e. The number of pyridine rings is 2. The lowest BCUT2D eigenvalue weighted by Crippen LogP contribution is -2.51. The van der Waals surface area contributed by atoms with Crippen LogP contribution in [-0.2, 0) is 25.9 Å². The van der Waals surface area contributed by atoms with Gasteiger partial charge in [-0.1, -0.05) is 155 Å². The molecule has 0 aliphatic carbocycles. The first-order valence-electron chi connectivity index (χ1n) is 20.5. The first-order chi connectivity index (χ1) is 22.5. The van der Waals surface area contributed by atoms with Crippen LogP contribution in [0.2, 0.25) is 0 Å². The van der Waals surface area contributed by atoms with Crippen molar-refractivity contribution in [2.45, 2.75) is 222 Å². The predicted octanol–water partition coefficient (Wildman–Crippen LogP) is 12.7. The van der Waals surface area contributed by atoms with Crippen molar-refractivity contribution in [3.05, 3.63) is 58.2 Å². The van der Waals surface area contributed by atoms with Gasteiger partial charge in [-0.25, -0.2) is 0 Å². The Bertz CT molecular complexity index is 955. The van der Waals surface area contributed by atoms with Crippen molar-refractivity contribution in [3.63, 3.8) is 0 Å². The van der Waals surface area contributed by atoms with Crippen molar-refractivity contribution >= 4 is 0 Å². The summed E-state index contributed by atoms with van der Waals surface area (Å²) in [4.78, 5) is 0. The largest absolute Gasteiger partial charge is 0.207 e. The molecule has 0 atom stereocenters. The van der Waals surface area contributed by atoms with Crippen LogP contribution in [-0.4, -0.2) is 0 Å². The molecule has 0 radical (unpaired) electrons. The average molecular weight is 635 g/mol. The van der Waals surface area contributed by atoms with Crippen LogP contribution in [0.3, 0.4) is 0 Å². The fourth-order valence-electron chi connectivity index (χ4n) is 7.58. The molecular formula is C44H78N2+2. The van der Waals surface area contributed by atoms with E-state index in [1.165, 1.54) is 201 Å². The summed E-state index contributed by atoms with van der Waals surface area (Å²) in [5.74, 6) is 0. The van der Waals surface area contributed by atoms with Crippen LogP contribution in [0.5, 0.6) is 0 Å². The van der Waals surface area contributed by atoms with Gasteiger partial charge in [-0.2, -0.15) is 9.13 Å². The minimum Gasteiger partial charge on any atom is -0.193 e. The van der Waals surface area contributed by atoms with Crippen LogP contribution in [0, 0.1) is 27.7 Å². The molecule has 2 aromatic rings. The molecule has 2 aromatic heterocycles. The second-order valence-electron chi connectivity index (χ2n) is 14.9. The Balaban J connectivity index is 1.77. The van der Waals surface area contributed by atoms with Crippen molar-refractivity contribution in [2.75, 3.05) is 0 Å². The van der Waals surface area contributed by atoms with E-state index in [1.807, 2.05) is 0 Å². The van der Waals surface area contributed by atoms with Gasteiger partial charge in [0.2, 0.25) is 13.1 Å². The van der Waals surface area contributed by atoms with Gasteiger partial charge in [0.15, 0.2) is 22.8 Å². The van der Waals surface area contributed by atoms with Gasteiger partial charge >= 0.3 is 0 Å². The van der Waals surface area contributed by atoms with E-state index in [0.29, 0.717) is 0 Å². The molecule has 0 unspecified atom stereocenters. The molecule has 2 heterocycles. The molecule has 0 N–H and O–H groups in total. The average Bonchev–Trinajstić information content (AvgIpc) is 3.02. The smallest absolute Gasteiger partial charge is 0.193 e. The summed E-state index contributed by atoms with van der Waals surface area (Å²) >= 11 is 0. The Morgan fingerprint density at radius 1 is 0.348 bits per heavy atom. The fraction of sp³-hybridized carbons (Fsp3) is 0.773. The van der Waals surface area contributed by atoms with Crippen LogP contribution < -0.4 is 9.13 Å². The van der Waals surface area contributed by atoms with E-state index in [9.17, 15) is 0 Å². The molecule has 0 aromatic carbocycles. The Morgan fingerprint density at radius 3 is 0.891 bits per heavy atom. The first-order valence-corrected chi connectivity index (χ1v) is 20.5. The second-order valence-corrected chi connectivity index (χ2v) is 14.9. The summed E-state index contributed by atoms with van der Waals surface area (Å²) in [6.07, 6.45) is 36.4. The third-order valence-corrected chi connectivity index (χ3v) is 10.3. The first kappa shape index (κ1) is 40.5. The Hall–Kier alpha value is -1.70. The summed E-state index contributed by atoms with van der Waals surface area (Å²) in [6.45, 7) is 15.9. The number of aryl methyl sites for hydroxylation is 6.